The number of amides is 1. The van der Waals surface area contributed by atoms with Gasteiger partial charge in [0.05, 0.1) is 23.7 Å². The van der Waals surface area contributed by atoms with Gasteiger partial charge in [0.1, 0.15) is 0 Å². The molecular weight excluding hydrogens is 218 g/mol. The average molecular weight is 235 g/mol. The molecule has 1 heterocycles. The Balaban J connectivity index is 2.83. The fraction of sp³-hybridized carbons (Fsp3) is 0.889. The van der Waals surface area contributed by atoms with Crippen molar-refractivity contribution in [2.45, 2.75) is 32.4 Å². The number of aliphatic hydroxyl groups excluding tert-OH is 1. The van der Waals surface area contributed by atoms with E-state index in [0.29, 0.717) is 13.0 Å². The van der Waals surface area contributed by atoms with E-state index in [1.807, 2.05) is 0 Å². The fourth-order valence-electron chi connectivity index (χ4n) is 1.91. The summed E-state index contributed by atoms with van der Waals surface area (Å²) < 4.78 is 22.6. The van der Waals surface area contributed by atoms with Gasteiger partial charge in [-0.15, -0.1) is 0 Å². The van der Waals surface area contributed by atoms with E-state index in [1.54, 1.807) is 13.8 Å². The molecule has 0 saturated carbocycles. The van der Waals surface area contributed by atoms with Crippen molar-refractivity contribution in [2.24, 2.45) is 0 Å². The number of likely N-dealkylation sites (N-methyl/N-ethyl adjacent to an activating group) is 1. The predicted octanol–water partition coefficient (Wildman–Crippen LogP) is -0.597. The zero-order chi connectivity index (χ0) is 11.6. The Morgan fingerprint density at radius 1 is 1.40 bits per heavy atom. The molecule has 0 aliphatic carbocycles. The maximum atomic E-state index is 11.5. The van der Waals surface area contributed by atoms with E-state index in [-0.39, 0.29) is 17.4 Å². The van der Waals surface area contributed by atoms with Crippen molar-refractivity contribution in [2.75, 3.05) is 18.1 Å². The van der Waals surface area contributed by atoms with Gasteiger partial charge in [-0.25, -0.2) is 8.42 Å². The van der Waals surface area contributed by atoms with E-state index in [9.17, 15) is 18.3 Å². The summed E-state index contributed by atoms with van der Waals surface area (Å²) in [6.45, 7) is 3.94. The molecule has 1 rings (SSSR count). The van der Waals surface area contributed by atoms with E-state index in [2.05, 4.69) is 0 Å². The first-order valence-corrected chi connectivity index (χ1v) is 6.91. The number of rotatable bonds is 3. The monoisotopic (exact) mass is 235 g/mol. The van der Waals surface area contributed by atoms with Crippen LogP contribution in [0.5, 0.6) is 0 Å². The van der Waals surface area contributed by atoms with Gasteiger partial charge in [-0.05, 0) is 6.92 Å². The smallest absolute Gasteiger partial charge is 0.222 e. The van der Waals surface area contributed by atoms with Gasteiger partial charge in [-0.2, -0.15) is 0 Å². The van der Waals surface area contributed by atoms with Gasteiger partial charge in [0.15, 0.2) is 9.84 Å². The number of sulfone groups is 1. The van der Waals surface area contributed by atoms with Crippen LogP contribution in [0.25, 0.3) is 0 Å². The highest BCUT2D eigenvalue weighted by molar-refractivity contribution is 7.91. The average Bonchev–Trinajstić information content (AvgIpc) is 2.41. The molecule has 0 spiro atoms. The lowest BCUT2D eigenvalue weighted by Gasteiger charge is -2.28. The van der Waals surface area contributed by atoms with Gasteiger partial charge >= 0.3 is 0 Å². The van der Waals surface area contributed by atoms with Crippen molar-refractivity contribution in [3.05, 3.63) is 0 Å². The SMILES string of the molecule is CCC(=O)N(CC)C1CS(=O)(=O)CC1O. The minimum Gasteiger partial charge on any atom is -0.390 e. The van der Waals surface area contributed by atoms with Crippen LogP contribution < -0.4 is 0 Å². The zero-order valence-corrected chi connectivity index (χ0v) is 9.83. The maximum absolute atomic E-state index is 11.5. The molecule has 1 fully saturated rings. The van der Waals surface area contributed by atoms with E-state index in [4.69, 9.17) is 0 Å². The quantitative estimate of drug-likeness (QED) is 0.709. The van der Waals surface area contributed by atoms with Crippen LogP contribution in [0.2, 0.25) is 0 Å². The van der Waals surface area contributed by atoms with Gasteiger partial charge in [0, 0.05) is 13.0 Å². The van der Waals surface area contributed by atoms with Gasteiger partial charge < -0.3 is 10.0 Å². The Hall–Kier alpha value is -0.620. The molecule has 2 unspecified atom stereocenters. The van der Waals surface area contributed by atoms with Crippen LogP contribution in [0, 0.1) is 0 Å². The number of carbonyl (C=O) groups excluding carboxylic acids is 1. The summed E-state index contributed by atoms with van der Waals surface area (Å²) >= 11 is 0. The van der Waals surface area contributed by atoms with Crippen LogP contribution in [-0.2, 0) is 14.6 Å². The first kappa shape index (κ1) is 12.4. The normalized spacial score (nSPS) is 29.0. The number of hydrogen-bond donors (Lipinski definition) is 1. The van der Waals surface area contributed by atoms with Crippen LogP contribution in [0.3, 0.4) is 0 Å². The van der Waals surface area contributed by atoms with Gasteiger partial charge in [-0.3, -0.25) is 4.79 Å². The van der Waals surface area contributed by atoms with Crippen LogP contribution in [0.1, 0.15) is 20.3 Å². The summed E-state index contributed by atoms with van der Waals surface area (Å²) in [5.74, 6) is -0.461. The molecule has 5 nitrogen and oxygen atoms in total. The Labute approximate surface area is 90.0 Å². The maximum Gasteiger partial charge on any atom is 0.222 e. The first-order valence-electron chi connectivity index (χ1n) is 5.09. The lowest BCUT2D eigenvalue weighted by Crippen LogP contribution is -2.46. The van der Waals surface area contributed by atoms with Crippen LogP contribution >= 0.6 is 0 Å². The number of carbonyl (C=O) groups is 1. The molecule has 6 heteroatoms. The lowest BCUT2D eigenvalue weighted by atomic mass is 10.1. The largest absolute Gasteiger partial charge is 0.390 e. The third-order valence-corrected chi connectivity index (χ3v) is 4.36. The highest BCUT2D eigenvalue weighted by Crippen LogP contribution is 2.19. The molecule has 0 aromatic rings. The molecule has 88 valence electrons. The van der Waals surface area contributed by atoms with Crippen molar-refractivity contribution in [1.82, 2.24) is 4.90 Å². The van der Waals surface area contributed by atoms with E-state index in [1.165, 1.54) is 4.90 Å². The third kappa shape index (κ3) is 2.69. The summed E-state index contributed by atoms with van der Waals surface area (Å²) in [7, 11) is -3.19. The second-order valence-corrected chi connectivity index (χ2v) is 5.90. The molecule has 1 N–H and O–H groups in total. The second kappa shape index (κ2) is 4.49. The zero-order valence-electron chi connectivity index (χ0n) is 9.01. The molecular formula is C9H17NO4S. The predicted molar refractivity (Wildman–Crippen MR) is 56.1 cm³/mol. The molecule has 1 aliphatic heterocycles. The standard InChI is InChI=1S/C9H17NO4S/c1-3-9(12)10(4-2)7-5-15(13,14)6-8(7)11/h7-8,11H,3-6H2,1-2H3. The highest BCUT2D eigenvalue weighted by Gasteiger charge is 2.40. The second-order valence-electron chi connectivity index (χ2n) is 3.74. The summed E-state index contributed by atoms with van der Waals surface area (Å²) in [6, 6.07) is -0.563. The molecule has 2 atom stereocenters. The number of nitrogens with zero attached hydrogens (tertiary/aromatic N) is 1. The van der Waals surface area contributed by atoms with E-state index >= 15 is 0 Å². The number of aliphatic hydroxyl groups is 1. The summed E-state index contributed by atoms with van der Waals surface area (Å²) in [6.07, 6.45) is -0.609. The van der Waals surface area contributed by atoms with Gasteiger partial charge in [0.2, 0.25) is 5.91 Å². The van der Waals surface area contributed by atoms with Crippen molar-refractivity contribution >= 4 is 15.7 Å². The lowest BCUT2D eigenvalue weighted by molar-refractivity contribution is -0.134. The third-order valence-electron chi connectivity index (χ3n) is 2.66. The molecule has 1 amide bonds. The fourth-order valence-corrected chi connectivity index (χ4v) is 3.71. The number of hydrogen-bond acceptors (Lipinski definition) is 4. The van der Waals surface area contributed by atoms with Crippen molar-refractivity contribution in [3.8, 4) is 0 Å². The Bertz CT molecular complexity index is 338. The molecule has 0 bridgehead atoms. The topological polar surface area (TPSA) is 74.7 Å². The Kier molecular flexibility index (Phi) is 3.72. The van der Waals surface area contributed by atoms with Crippen molar-refractivity contribution in [3.63, 3.8) is 0 Å². The molecule has 0 aromatic carbocycles. The summed E-state index contributed by atoms with van der Waals surface area (Å²) in [5, 5.41) is 9.60. The van der Waals surface area contributed by atoms with Crippen molar-refractivity contribution < 1.29 is 18.3 Å². The molecule has 15 heavy (non-hydrogen) atoms. The van der Waals surface area contributed by atoms with Crippen LogP contribution in [-0.4, -0.2) is 54.5 Å². The summed E-state index contributed by atoms with van der Waals surface area (Å²) in [5.41, 5.74) is 0. The van der Waals surface area contributed by atoms with Crippen LogP contribution in [0.4, 0.5) is 0 Å². The summed E-state index contributed by atoms with van der Waals surface area (Å²) in [4.78, 5) is 13.0. The molecule has 1 saturated heterocycles. The molecule has 0 aromatic heterocycles. The molecule has 0 radical (unpaired) electrons. The van der Waals surface area contributed by atoms with Gasteiger partial charge in [-0.1, -0.05) is 6.92 Å². The Morgan fingerprint density at radius 2 is 2.00 bits per heavy atom. The molecule has 1 aliphatic rings. The highest BCUT2D eigenvalue weighted by atomic mass is 32.2. The minimum absolute atomic E-state index is 0.112. The Morgan fingerprint density at radius 3 is 2.33 bits per heavy atom. The van der Waals surface area contributed by atoms with E-state index in [0.717, 1.165) is 0 Å². The minimum atomic E-state index is -3.19. The van der Waals surface area contributed by atoms with E-state index < -0.39 is 22.0 Å². The van der Waals surface area contributed by atoms with Crippen LogP contribution in [0.15, 0.2) is 0 Å². The van der Waals surface area contributed by atoms with Crippen molar-refractivity contribution in [1.29, 1.82) is 0 Å². The van der Waals surface area contributed by atoms with Gasteiger partial charge in [0.25, 0.3) is 0 Å². The first-order chi connectivity index (χ1) is 6.91.